The van der Waals surface area contributed by atoms with E-state index >= 15 is 0 Å². The van der Waals surface area contributed by atoms with Gasteiger partial charge in [0.2, 0.25) is 0 Å². The lowest BCUT2D eigenvalue weighted by molar-refractivity contribution is 0.754. The second kappa shape index (κ2) is 4.71. The number of hydrogen-bond acceptors (Lipinski definition) is 1. The van der Waals surface area contributed by atoms with E-state index in [4.69, 9.17) is 11.6 Å². The Labute approximate surface area is 101 Å². The quantitative estimate of drug-likeness (QED) is 0.746. The van der Waals surface area contributed by atoms with Gasteiger partial charge in [-0.1, -0.05) is 18.2 Å². The van der Waals surface area contributed by atoms with Gasteiger partial charge in [0, 0.05) is 18.9 Å². The lowest BCUT2D eigenvalue weighted by Gasteiger charge is -2.08. The van der Waals surface area contributed by atoms with Gasteiger partial charge in [0.1, 0.15) is 5.82 Å². The van der Waals surface area contributed by atoms with Crippen molar-refractivity contribution in [2.75, 3.05) is 0 Å². The maximum absolute atomic E-state index is 5.81. The SMILES string of the molecule is Cc1ccc(Cn2ccnc2CCl)cc1C. The normalized spacial score (nSPS) is 10.7. The Morgan fingerprint density at radius 2 is 2.06 bits per heavy atom. The molecule has 0 saturated heterocycles. The summed E-state index contributed by atoms with van der Waals surface area (Å²) < 4.78 is 2.08. The van der Waals surface area contributed by atoms with Gasteiger partial charge in [-0.25, -0.2) is 4.98 Å². The second-order valence-electron chi connectivity index (χ2n) is 4.02. The number of aryl methyl sites for hydroxylation is 2. The third-order valence-corrected chi connectivity index (χ3v) is 3.08. The van der Waals surface area contributed by atoms with Crippen molar-refractivity contribution in [3.8, 4) is 0 Å². The van der Waals surface area contributed by atoms with Gasteiger partial charge >= 0.3 is 0 Å². The highest BCUT2D eigenvalue weighted by Crippen LogP contribution is 2.12. The first-order valence-corrected chi connectivity index (χ1v) is 5.86. The molecule has 0 unspecified atom stereocenters. The number of halogens is 1. The Morgan fingerprint density at radius 1 is 1.25 bits per heavy atom. The Bertz CT molecular complexity index is 488. The van der Waals surface area contributed by atoms with E-state index in [0.29, 0.717) is 5.88 Å². The molecule has 0 fully saturated rings. The zero-order valence-electron chi connectivity index (χ0n) is 9.57. The summed E-state index contributed by atoms with van der Waals surface area (Å²) in [5.74, 6) is 1.37. The van der Waals surface area contributed by atoms with Crippen LogP contribution in [-0.2, 0) is 12.4 Å². The van der Waals surface area contributed by atoms with Crippen LogP contribution in [0.25, 0.3) is 0 Å². The summed E-state index contributed by atoms with van der Waals surface area (Å²) in [6, 6.07) is 6.52. The lowest BCUT2D eigenvalue weighted by Crippen LogP contribution is -2.03. The van der Waals surface area contributed by atoms with Crippen molar-refractivity contribution >= 4 is 11.6 Å². The molecule has 0 spiro atoms. The highest BCUT2D eigenvalue weighted by molar-refractivity contribution is 6.16. The minimum Gasteiger partial charge on any atom is -0.330 e. The topological polar surface area (TPSA) is 17.8 Å². The van der Waals surface area contributed by atoms with E-state index in [1.807, 2.05) is 6.20 Å². The van der Waals surface area contributed by atoms with Crippen LogP contribution in [0.1, 0.15) is 22.5 Å². The minimum absolute atomic E-state index is 0.456. The lowest BCUT2D eigenvalue weighted by atomic mass is 10.1. The fourth-order valence-corrected chi connectivity index (χ4v) is 1.94. The number of benzene rings is 1. The third-order valence-electron chi connectivity index (χ3n) is 2.85. The van der Waals surface area contributed by atoms with Crippen LogP contribution in [0, 0.1) is 13.8 Å². The van der Waals surface area contributed by atoms with E-state index < -0.39 is 0 Å². The maximum atomic E-state index is 5.81. The summed E-state index contributed by atoms with van der Waals surface area (Å²) in [6.45, 7) is 5.10. The predicted octanol–water partition coefficient (Wildman–Crippen LogP) is 3.29. The number of nitrogens with zero attached hydrogens (tertiary/aromatic N) is 2. The molecule has 0 aliphatic rings. The van der Waals surface area contributed by atoms with Crippen LogP contribution >= 0.6 is 11.6 Å². The molecular formula is C13H15ClN2. The van der Waals surface area contributed by atoms with Gasteiger partial charge in [0.05, 0.1) is 5.88 Å². The van der Waals surface area contributed by atoms with Gasteiger partial charge in [-0.15, -0.1) is 11.6 Å². The van der Waals surface area contributed by atoms with Crippen LogP contribution in [-0.4, -0.2) is 9.55 Å². The average Bonchev–Trinajstić information content (AvgIpc) is 2.71. The van der Waals surface area contributed by atoms with Gasteiger partial charge in [-0.2, -0.15) is 0 Å². The maximum Gasteiger partial charge on any atom is 0.123 e. The zero-order valence-corrected chi connectivity index (χ0v) is 10.3. The van der Waals surface area contributed by atoms with Crippen LogP contribution in [0.4, 0.5) is 0 Å². The Kier molecular flexibility index (Phi) is 3.30. The van der Waals surface area contributed by atoms with Gasteiger partial charge < -0.3 is 4.57 Å². The van der Waals surface area contributed by atoms with Gasteiger partial charge in [0.15, 0.2) is 0 Å². The molecule has 1 aromatic carbocycles. The molecule has 2 nitrogen and oxygen atoms in total. The van der Waals surface area contributed by atoms with E-state index in [2.05, 4.69) is 41.6 Å². The van der Waals surface area contributed by atoms with Crippen LogP contribution in [0.15, 0.2) is 30.6 Å². The highest BCUT2D eigenvalue weighted by atomic mass is 35.5. The fourth-order valence-electron chi connectivity index (χ4n) is 1.71. The summed E-state index contributed by atoms with van der Waals surface area (Å²) in [4.78, 5) is 4.20. The van der Waals surface area contributed by atoms with Gasteiger partial charge in [-0.05, 0) is 30.5 Å². The van der Waals surface area contributed by atoms with Gasteiger partial charge in [-0.3, -0.25) is 0 Å². The van der Waals surface area contributed by atoms with Crippen LogP contribution in [0.5, 0.6) is 0 Å². The van der Waals surface area contributed by atoms with Crippen molar-refractivity contribution in [1.82, 2.24) is 9.55 Å². The summed E-state index contributed by atoms with van der Waals surface area (Å²) >= 11 is 5.81. The van der Waals surface area contributed by atoms with Crippen molar-refractivity contribution in [2.24, 2.45) is 0 Å². The first-order valence-electron chi connectivity index (χ1n) is 5.33. The minimum atomic E-state index is 0.456. The number of aromatic nitrogens is 2. The number of alkyl halides is 1. The predicted molar refractivity (Wildman–Crippen MR) is 66.8 cm³/mol. The number of imidazole rings is 1. The molecule has 16 heavy (non-hydrogen) atoms. The molecule has 0 aliphatic carbocycles. The van der Waals surface area contributed by atoms with E-state index in [-0.39, 0.29) is 0 Å². The molecule has 84 valence electrons. The zero-order chi connectivity index (χ0) is 11.5. The fraction of sp³-hybridized carbons (Fsp3) is 0.308. The van der Waals surface area contributed by atoms with Gasteiger partial charge in [0.25, 0.3) is 0 Å². The second-order valence-corrected chi connectivity index (χ2v) is 4.29. The van der Waals surface area contributed by atoms with E-state index in [9.17, 15) is 0 Å². The molecule has 0 bridgehead atoms. The Balaban J connectivity index is 2.24. The molecule has 0 radical (unpaired) electrons. The molecule has 1 heterocycles. The largest absolute Gasteiger partial charge is 0.330 e. The van der Waals surface area contributed by atoms with Crippen LogP contribution in [0.2, 0.25) is 0 Å². The van der Waals surface area contributed by atoms with Crippen molar-refractivity contribution in [2.45, 2.75) is 26.3 Å². The first-order chi connectivity index (χ1) is 7.70. The third kappa shape index (κ3) is 2.27. The smallest absolute Gasteiger partial charge is 0.123 e. The summed E-state index contributed by atoms with van der Waals surface area (Å²) in [5, 5.41) is 0. The molecule has 0 aliphatic heterocycles. The number of rotatable bonds is 3. The molecule has 2 aromatic rings. The Hall–Kier alpha value is -1.28. The molecule has 1 aromatic heterocycles. The standard InChI is InChI=1S/C13H15ClN2/c1-10-3-4-12(7-11(10)2)9-16-6-5-15-13(16)8-14/h3-7H,8-9H2,1-2H3. The van der Waals surface area contributed by atoms with E-state index in [0.717, 1.165) is 12.4 Å². The molecule has 0 amide bonds. The molecule has 0 N–H and O–H groups in total. The molecule has 0 saturated carbocycles. The molecular weight excluding hydrogens is 220 g/mol. The van der Waals surface area contributed by atoms with E-state index in [1.165, 1.54) is 16.7 Å². The molecule has 3 heteroatoms. The van der Waals surface area contributed by atoms with Crippen LogP contribution in [0.3, 0.4) is 0 Å². The van der Waals surface area contributed by atoms with E-state index in [1.54, 1.807) is 6.20 Å². The van der Waals surface area contributed by atoms with Crippen molar-refractivity contribution < 1.29 is 0 Å². The first kappa shape index (κ1) is 11.2. The van der Waals surface area contributed by atoms with Crippen molar-refractivity contribution in [3.63, 3.8) is 0 Å². The monoisotopic (exact) mass is 234 g/mol. The summed E-state index contributed by atoms with van der Waals surface area (Å²) in [7, 11) is 0. The Morgan fingerprint density at radius 3 is 2.75 bits per heavy atom. The van der Waals surface area contributed by atoms with Crippen molar-refractivity contribution in [1.29, 1.82) is 0 Å². The molecule has 0 atom stereocenters. The average molecular weight is 235 g/mol. The van der Waals surface area contributed by atoms with Crippen molar-refractivity contribution in [3.05, 3.63) is 53.1 Å². The summed E-state index contributed by atoms with van der Waals surface area (Å²) in [6.07, 6.45) is 3.76. The van der Waals surface area contributed by atoms with Crippen LogP contribution < -0.4 is 0 Å². The highest BCUT2D eigenvalue weighted by Gasteiger charge is 2.02. The summed E-state index contributed by atoms with van der Waals surface area (Å²) in [5.41, 5.74) is 3.93. The molecule has 2 rings (SSSR count). The number of hydrogen-bond donors (Lipinski definition) is 0.